The van der Waals surface area contributed by atoms with Crippen molar-refractivity contribution in [2.24, 2.45) is 0 Å². The molecule has 0 saturated heterocycles. The van der Waals surface area contributed by atoms with Crippen LogP contribution >= 0.6 is 11.6 Å². The van der Waals surface area contributed by atoms with Gasteiger partial charge in [0.05, 0.1) is 11.0 Å². The van der Waals surface area contributed by atoms with Crippen molar-refractivity contribution in [1.29, 1.82) is 0 Å². The van der Waals surface area contributed by atoms with Crippen LogP contribution in [0.5, 0.6) is 0 Å². The average molecular weight is 300 g/mol. The van der Waals surface area contributed by atoms with E-state index in [4.69, 9.17) is 17.3 Å². The molecule has 1 unspecified atom stereocenters. The zero-order valence-corrected chi connectivity index (χ0v) is 12.7. The lowest BCUT2D eigenvalue weighted by atomic mass is 9.98. The third kappa shape index (κ3) is 2.88. The Balaban J connectivity index is 1.81. The molecule has 0 spiro atoms. The molecule has 21 heavy (non-hydrogen) atoms. The van der Waals surface area contributed by atoms with Crippen LogP contribution in [0.2, 0.25) is 5.02 Å². The third-order valence-electron chi connectivity index (χ3n) is 3.89. The zero-order chi connectivity index (χ0) is 14.8. The van der Waals surface area contributed by atoms with Crippen LogP contribution in [-0.2, 0) is 6.54 Å². The van der Waals surface area contributed by atoms with Gasteiger partial charge in [-0.05, 0) is 36.1 Å². The fourth-order valence-electron chi connectivity index (χ4n) is 2.63. The van der Waals surface area contributed by atoms with E-state index in [0.29, 0.717) is 16.9 Å². The quantitative estimate of drug-likeness (QED) is 0.772. The van der Waals surface area contributed by atoms with Gasteiger partial charge < -0.3 is 10.3 Å². The molecule has 0 radical (unpaired) electrons. The molecule has 3 rings (SSSR count). The minimum atomic E-state index is 0.482. The Labute approximate surface area is 129 Å². The van der Waals surface area contributed by atoms with Crippen LogP contribution in [-0.4, -0.2) is 9.55 Å². The van der Waals surface area contributed by atoms with Crippen molar-refractivity contribution >= 4 is 28.6 Å². The molecule has 108 valence electrons. The predicted octanol–water partition coefficient (Wildman–Crippen LogP) is 4.47. The number of halogens is 1. The van der Waals surface area contributed by atoms with E-state index < -0.39 is 0 Å². The molecule has 0 amide bonds. The highest BCUT2D eigenvalue weighted by Crippen LogP contribution is 2.25. The Morgan fingerprint density at radius 1 is 1.19 bits per heavy atom. The monoisotopic (exact) mass is 299 g/mol. The Kier molecular flexibility index (Phi) is 3.84. The summed E-state index contributed by atoms with van der Waals surface area (Å²) in [5.74, 6) is 1.03. The summed E-state index contributed by atoms with van der Waals surface area (Å²) in [6.45, 7) is 3.08. The molecule has 0 saturated carbocycles. The van der Waals surface area contributed by atoms with Gasteiger partial charge in [-0.2, -0.15) is 0 Å². The smallest absolute Gasteiger partial charge is 0.201 e. The number of nitrogens with two attached hydrogens (primary N) is 1. The maximum atomic E-state index is 6.04. The summed E-state index contributed by atoms with van der Waals surface area (Å²) < 4.78 is 2.06. The molecule has 3 aromatic rings. The molecule has 1 atom stereocenters. The van der Waals surface area contributed by atoms with Gasteiger partial charge >= 0.3 is 0 Å². The van der Waals surface area contributed by atoms with Gasteiger partial charge in [0.25, 0.3) is 0 Å². The number of anilines is 1. The maximum absolute atomic E-state index is 6.04. The molecule has 2 aromatic carbocycles. The summed E-state index contributed by atoms with van der Waals surface area (Å²) >= 11 is 6.00. The summed E-state index contributed by atoms with van der Waals surface area (Å²) in [6, 6.07) is 16.2. The van der Waals surface area contributed by atoms with Crippen LogP contribution in [0.4, 0.5) is 5.95 Å². The highest BCUT2D eigenvalue weighted by atomic mass is 35.5. The summed E-state index contributed by atoms with van der Waals surface area (Å²) in [4.78, 5) is 4.38. The number of rotatable bonds is 4. The van der Waals surface area contributed by atoms with Crippen molar-refractivity contribution in [1.82, 2.24) is 9.55 Å². The highest BCUT2D eigenvalue weighted by Gasteiger charge is 2.11. The number of nitrogens with zero attached hydrogens (tertiary/aromatic N) is 2. The second kappa shape index (κ2) is 5.78. The molecule has 0 bridgehead atoms. The molecule has 0 fully saturated rings. The van der Waals surface area contributed by atoms with Crippen molar-refractivity contribution < 1.29 is 0 Å². The minimum absolute atomic E-state index is 0.482. The van der Waals surface area contributed by atoms with Gasteiger partial charge in [0.1, 0.15) is 0 Å². The average Bonchev–Trinajstić information content (AvgIpc) is 2.80. The van der Waals surface area contributed by atoms with Gasteiger partial charge in [0.2, 0.25) is 5.95 Å². The molecule has 3 nitrogen and oxygen atoms in total. The van der Waals surface area contributed by atoms with E-state index in [1.54, 1.807) is 0 Å². The number of nitrogen functional groups attached to an aromatic ring is 1. The first-order valence-corrected chi connectivity index (χ1v) is 7.49. The van der Waals surface area contributed by atoms with Crippen molar-refractivity contribution in [3.63, 3.8) is 0 Å². The van der Waals surface area contributed by atoms with Gasteiger partial charge in [-0.15, -0.1) is 0 Å². The maximum Gasteiger partial charge on any atom is 0.201 e. The second-order valence-corrected chi connectivity index (χ2v) is 5.79. The lowest BCUT2D eigenvalue weighted by molar-refractivity contribution is 0.590. The van der Waals surface area contributed by atoms with E-state index >= 15 is 0 Å². The summed E-state index contributed by atoms with van der Waals surface area (Å²) in [7, 11) is 0. The number of benzene rings is 2. The SMILES string of the molecule is CC(CCn1c(N)nc2cc(Cl)ccc21)c1ccccc1. The van der Waals surface area contributed by atoms with Gasteiger partial charge in [0.15, 0.2) is 0 Å². The first-order chi connectivity index (χ1) is 10.1. The molecular weight excluding hydrogens is 282 g/mol. The van der Waals surface area contributed by atoms with Crippen molar-refractivity contribution in [2.75, 3.05) is 5.73 Å². The molecule has 1 aromatic heterocycles. The van der Waals surface area contributed by atoms with Crippen LogP contribution in [0.15, 0.2) is 48.5 Å². The normalized spacial score (nSPS) is 12.7. The largest absolute Gasteiger partial charge is 0.369 e. The summed E-state index contributed by atoms with van der Waals surface area (Å²) in [5, 5.41) is 0.685. The van der Waals surface area contributed by atoms with Gasteiger partial charge in [-0.1, -0.05) is 48.9 Å². The van der Waals surface area contributed by atoms with E-state index in [1.165, 1.54) is 5.56 Å². The van der Waals surface area contributed by atoms with Crippen molar-refractivity contribution in [3.8, 4) is 0 Å². The summed E-state index contributed by atoms with van der Waals surface area (Å²) in [5.41, 5.74) is 9.28. The topological polar surface area (TPSA) is 43.8 Å². The van der Waals surface area contributed by atoms with Crippen LogP contribution in [0.3, 0.4) is 0 Å². The number of hydrogen-bond acceptors (Lipinski definition) is 2. The van der Waals surface area contributed by atoms with E-state index in [1.807, 2.05) is 24.3 Å². The number of hydrogen-bond donors (Lipinski definition) is 1. The van der Waals surface area contributed by atoms with E-state index in [2.05, 4.69) is 40.7 Å². The Morgan fingerprint density at radius 3 is 2.71 bits per heavy atom. The van der Waals surface area contributed by atoms with Crippen LogP contribution in [0, 0.1) is 0 Å². The molecular formula is C17H18ClN3. The molecule has 1 heterocycles. The third-order valence-corrected chi connectivity index (χ3v) is 4.13. The predicted molar refractivity (Wildman–Crippen MR) is 88.6 cm³/mol. The molecule has 0 aliphatic heterocycles. The van der Waals surface area contributed by atoms with E-state index in [-0.39, 0.29) is 0 Å². The van der Waals surface area contributed by atoms with Crippen LogP contribution in [0.25, 0.3) is 11.0 Å². The van der Waals surface area contributed by atoms with Crippen molar-refractivity contribution in [3.05, 3.63) is 59.1 Å². The number of aryl methyl sites for hydroxylation is 1. The number of fused-ring (bicyclic) bond motifs is 1. The highest BCUT2D eigenvalue weighted by molar-refractivity contribution is 6.31. The minimum Gasteiger partial charge on any atom is -0.369 e. The lowest BCUT2D eigenvalue weighted by Crippen LogP contribution is -2.06. The van der Waals surface area contributed by atoms with Crippen LogP contribution < -0.4 is 5.73 Å². The van der Waals surface area contributed by atoms with E-state index in [9.17, 15) is 0 Å². The van der Waals surface area contributed by atoms with Crippen molar-refractivity contribution in [2.45, 2.75) is 25.8 Å². The Bertz CT molecular complexity index is 749. The van der Waals surface area contributed by atoms with Gasteiger partial charge in [-0.3, -0.25) is 0 Å². The summed E-state index contributed by atoms with van der Waals surface area (Å²) in [6.07, 6.45) is 1.02. The lowest BCUT2D eigenvalue weighted by Gasteiger charge is -2.13. The standard InChI is InChI=1S/C17H18ClN3/c1-12(13-5-3-2-4-6-13)9-10-21-16-8-7-14(18)11-15(16)20-17(21)19/h2-8,11-12H,9-10H2,1H3,(H2,19,20). The first kappa shape index (κ1) is 14.0. The Morgan fingerprint density at radius 2 is 1.95 bits per heavy atom. The van der Waals surface area contributed by atoms with Crippen LogP contribution in [0.1, 0.15) is 24.8 Å². The van der Waals surface area contributed by atoms with E-state index in [0.717, 1.165) is 24.0 Å². The second-order valence-electron chi connectivity index (χ2n) is 5.36. The molecule has 2 N–H and O–H groups in total. The fourth-order valence-corrected chi connectivity index (χ4v) is 2.79. The zero-order valence-electron chi connectivity index (χ0n) is 12.0. The first-order valence-electron chi connectivity index (χ1n) is 7.11. The molecule has 0 aliphatic carbocycles. The fraction of sp³-hybridized carbons (Fsp3) is 0.235. The molecule has 4 heteroatoms. The van der Waals surface area contributed by atoms with Gasteiger partial charge in [0, 0.05) is 11.6 Å². The van der Waals surface area contributed by atoms with Gasteiger partial charge in [-0.25, -0.2) is 4.98 Å². The number of imidazole rings is 1. The molecule has 0 aliphatic rings. The number of aromatic nitrogens is 2. The Hall–Kier alpha value is -2.00.